The third-order valence-electron chi connectivity index (χ3n) is 5.58. The molecule has 172 valence electrons. The Morgan fingerprint density at radius 2 is 1.61 bits per heavy atom. The maximum absolute atomic E-state index is 10.2. The molecule has 0 aliphatic carbocycles. The van der Waals surface area contributed by atoms with E-state index in [2.05, 4.69) is 0 Å². The summed E-state index contributed by atoms with van der Waals surface area (Å²) in [6, 6.07) is 19.4. The molecule has 0 atom stereocenters. The van der Waals surface area contributed by atoms with E-state index < -0.39 is 0 Å². The van der Waals surface area contributed by atoms with Gasteiger partial charge < -0.3 is 28.8 Å². The predicted molar refractivity (Wildman–Crippen MR) is 127 cm³/mol. The molecule has 0 bridgehead atoms. The lowest BCUT2D eigenvalue weighted by atomic mass is 10.0. The molecule has 0 unspecified atom stereocenters. The van der Waals surface area contributed by atoms with E-state index in [1.165, 1.54) is 0 Å². The summed E-state index contributed by atoms with van der Waals surface area (Å²) < 4.78 is 23.3. The number of aliphatic hydroxyl groups is 2. The quantitative estimate of drug-likeness (QED) is 0.351. The van der Waals surface area contributed by atoms with E-state index in [0.29, 0.717) is 53.6 Å². The van der Waals surface area contributed by atoms with E-state index in [9.17, 15) is 10.2 Å². The Morgan fingerprint density at radius 1 is 0.818 bits per heavy atom. The van der Waals surface area contributed by atoms with E-state index >= 15 is 0 Å². The molecule has 0 saturated carbocycles. The van der Waals surface area contributed by atoms with E-state index in [-0.39, 0.29) is 13.2 Å². The van der Waals surface area contributed by atoms with Crippen LogP contribution in [-0.4, -0.2) is 31.0 Å². The Balaban J connectivity index is 1.71. The zero-order valence-corrected chi connectivity index (χ0v) is 18.8. The van der Waals surface area contributed by atoms with Gasteiger partial charge in [0.25, 0.3) is 0 Å². The van der Waals surface area contributed by atoms with Crippen LogP contribution in [0.4, 0.5) is 0 Å². The van der Waals surface area contributed by atoms with Gasteiger partial charge in [-0.3, -0.25) is 0 Å². The average molecular weight is 449 g/mol. The monoisotopic (exact) mass is 448 g/mol. The largest absolute Gasteiger partial charge is 0.493 e. The summed E-state index contributed by atoms with van der Waals surface area (Å²) in [6.07, 6.45) is 1.35. The Hall–Kier alpha value is -3.48. The summed E-state index contributed by atoms with van der Waals surface area (Å²) in [7, 11) is 3.18. The third-order valence-corrected chi connectivity index (χ3v) is 5.58. The SMILES string of the molecule is COc1cc(-c2oc3c(OC)cc(CCCO)cc3c2CO)ccc1OCc1ccccc1. The van der Waals surface area contributed by atoms with Crippen molar-refractivity contribution < 1.29 is 28.8 Å². The fraction of sp³-hybridized carbons (Fsp3) is 0.259. The molecule has 1 heterocycles. The van der Waals surface area contributed by atoms with Crippen molar-refractivity contribution in [2.24, 2.45) is 0 Å². The van der Waals surface area contributed by atoms with Crippen LogP contribution in [0.15, 0.2) is 65.1 Å². The number of aliphatic hydroxyl groups excluding tert-OH is 2. The van der Waals surface area contributed by atoms with Gasteiger partial charge in [-0.15, -0.1) is 0 Å². The van der Waals surface area contributed by atoms with Gasteiger partial charge in [-0.25, -0.2) is 0 Å². The maximum Gasteiger partial charge on any atom is 0.177 e. The van der Waals surface area contributed by atoms with Crippen molar-refractivity contribution in [2.45, 2.75) is 26.1 Å². The summed E-state index contributed by atoms with van der Waals surface area (Å²) in [4.78, 5) is 0. The molecule has 3 aromatic carbocycles. The van der Waals surface area contributed by atoms with Crippen molar-refractivity contribution in [3.63, 3.8) is 0 Å². The summed E-state index contributed by atoms with van der Waals surface area (Å²) >= 11 is 0. The molecular formula is C27H28O6. The van der Waals surface area contributed by atoms with Gasteiger partial charge in [0.1, 0.15) is 12.4 Å². The number of hydrogen-bond donors (Lipinski definition) is 2. The highest BCUT2D eigenvalue weighted by Gasteiger charge is 2.20. The lowest BCUT2D eigenvalue weighted by Gasteiger charge is -2.12. The van der Waals surface area contributed by atoms with E-state index in [1.807, 2.05) is 60.7 Å². The third kappa shape index (κ3) is 4.82. The van der Waals surface area contributed by atoms with Crippen LogP contribution >= 0.6 is 0 Å². The van der Waals surface area contributed by atoms with Crippen LogP contribution in [-0.2, 0) is 19.6 Å². The van der Waals surface area contributed by atoms with Gasteiger partial charge in [0.05, 0.1) is 20.8 Å². The standard InChI is InChI=1S/C27H28O6/c1-30-24-15-20(10-11-23(24)32-17-18-7-4-3-5-8-18)26-22(16-29)21-13-19(9-6-12-28)14-25(31-2)27(21)33-26/h3-5,7-8,10-11,13-15,28-29H,6,9,12,16-17H2,1-2H3. The van der Waals surface area contributed by atoms with Gasteiger partial charge in [-0.1, -0.05) is 30.3 Å². The highest BCUT2D eigenvalue weighted by molar-refractivity contribution is 5.92. The maximum atomic E-state index is 10.2. The normalized spacial score (nSPS) is 11.0. The number of methoxy groups -OCH3 is 2. The predicted octanol–water partition coefficient (Wildman–Crippen LogP) is 5.11. The van der Waals surface area contributed by atoms with Crippen LogP contribution in [0.5, 0.6) is 17.2 Å². The Morgan fingerprint density at radius 3 is 2.30 bits per heavy atom. The zero-order chi connectivity index (χ0) is 23.2. The molecule has 0 aliphatic heterocycles. The Kier molecular flexibility index (Phi) is 7.17. The average Bonchev–Trinajstić information content (AvgIpc) is 3.24. The first-order valence-electron chi connectivity index (χ1n) is 10.9. The van der Waals surface area contributed by atoms with Crippen LogP contribution in [0.25, 0.3) is 22.3 Å². The smallest absolute Gasteiger partial charge is 0.177 e. The van der Waals surface area contributed by atoms with Crippen LogP contribution in [0.1, 0.15) is 23.1 Å². The molecule has 6 nitrogen and oxygen atoms in total. The lowest BCUT2D eigenvalue weighted by molar-refractivity contribution is 0.282. The molecule has 2 N–H and O–H groups in total. The molecule has 4 rings (SSSR count). The Bertz CT molecular complexity index is 1210. The van der Waals surface area contributed by atoms with Crippen LogP contribution in [0, 0.1) is 0 Å². The van der Waals surface area contributed by atoms with Gasteiger partial charge in [0.2, 0.25) is 0 Å². The van der Waals surface area contributed by atoms with Gasteiger partial charge in [-0.2, -0.15) is 0 Å². The van der Waals surface area contributed by atoms with Crippen molar-refractivity contribution in [1.29, 1.82) is 0 Å². The summed E-state index contributed by atoms with van der Waals surface area (Å²) in [5, 5.41) is 20.2. The summed E-state index contributed by atoms with van der Waals surface area (Å²) in [5.74, 6) is 2.34. The van der Waals surface area contributed by atoms with E-state index in [0.717, 1.165) is 22.1 Å². The number of rotatable bonds is 10. The van der Waals surface area contributed by atoms with Crippen molar-refractivity contribution in [2.75, 3.05) is 20.8 Å². The fourth-order valence-corrected chi connectivity index (χ4v) is 3.91. The van der Waals surface area contributed by atoms with Gasteiger partial charge in [0.15, 0.2) is 22.8 Å². The zero-order valence-electron chi connectivity index (χ0n) is 18.8. The molecule has 6 heteroatoms. The molecule has 4 aromatic rings. The van der Waals surface area contributed by atoms with Crippen LogP contribution in [0.2, 0.25) is 0 Å². The molecule has 0 amide bonds. The fourth-order valence-electron chi connectivity index (χ4n) is 3.91. The first-order valence-corrected chi connectivity index (χ1v) is 10.9. The number of aryl methyl sites for hydroxylation is 1. The van der Waals surface area contributed by atoms with Gasteiger partial charge in [0, 0.05) is 23.1 Å². The molecule has 0 fully saturated rings. The molecule has 0 spiro atoms. The molecule has 0 aliphatic rings. The van der Waals surface area contributed by atoms with Crippen molar-refractivity contribution >= 4 is 11.0 Å². The summed E-state index contributed by atoms with van der Waals surface area (Å²) in [5.41, 5.74) is 4.09. The van der Waals surface area contributed by atoms with Gasteiger partial charge >= 0.3 is 0 Å². The van der Waals surface area contributed by atoms with Crippen LogP contribution < -0.4 is 14.2 Å². The van der Waals surface area contributed by atoms with E-state index in [4.69, 9.17) is 18.6 Å². The van der Waals surface area contributed by atoms with Crippen LogP contribution in [0.3, 0.4) is 0 Å². The highest BCUT2D eigenvalue weighted by atomic mass is 16.5. The first-order chi connectivity index (χ1) is 16.2. The molecule has 33 heavy (non-hydrogen) atoms. The van der Waals surface area contributed by atoms with Crippen molar-refractivity contribution in [3.8, 4) is 28.6 Å². The minimum atomic E-state index is -0.191. The molecular weight excluding hydrogens is 420 g/mol. The lowest BCUT2D eigenvalue weighted by Crippen LogP contribution is -1.98. The van der Waals surface area contributed by atoms with Gasteiger partial charge in [-0.05, 0) is 54.3 Å². The number of hydrogen-bond acceptors (Lipinski definition) is 6. The second-order valence-electron chi connectivity index (χ2n) is 7.71. The number of ether oxygens (including phenoxy) is 3. The Labute approximate surface area is 193 Å². The second-order valence-corrected chi connectivity index (χ2v) is 7.71. The first kappa shape index (κ1) is 22.7. The van der Waals surface area contributed by atoms with Crippen molar-refractivity contribution in [3.05, 3.63) is 77.4 Å². The highest BCUT2D eigenvalue weighted by Crippen LogP contribution is 2.41. The second kappa shape index (κ2) is 10.4. The minimum absolute atomic E-state index is 0.113. The topological polar surface area (TPSA) is 81.3 Å². The molecule has 0 radical (unpaired) electrons. The molecule has 1 aromatic heterocycles. The summed E-state index contributed by atoms with van der Waals surface area (Å²) in [6.45, 7) is 0.350. The number of furan rings is 1. The number of benzene rings is 3. The number of fused-ring (bicyclic) bond motifs is 1. The van der Waals surface area contributed by atoms with E-state index in [1.54, 1.807) is 14.2 Å². The van der Waals surface area contributed by atoms with Crippen molar-refractivity contribution in [1.82, 2.24) is 0 Å². The minimum Gasteiger partial charge on any atom is -0.493 e. The molecule has 0 saturated heterocycles.